The fraction of sp³-hybridized carbons (Fsp3) is 0.909. The van der Waals surface area contributed by atoms with E-state index < -0.39 is 5.79 Å². The van der Waals surface area contributed by atoms with Gasteiger partial charge in [-0.05, 0) is 39.2 Å². The Bertz CT molecular complexity index is 333. The first-order valence-electron chi connectivity index (χ1n) is 10.9. The Kier molecular flexibility index (Phi) is 14.2. The third-order valence-corrected chi connectivity index (χ3v) is 4.64. The molecular formula is C22H42O4. The Morgan fingerprint density at radius 3 is 2.19 bits per heavy atom. The molecule has 1 fully saturated rings. The highest BCUT2D eigenvalue weighted by molar-refractivity contribution is 4.96. The van der Waals surface area contributed by atoms with Crippen molar-refractivity contribution in [3.05, 3.63) is 12.2 Å². The highest BCUT2D eigenvalue weighted by Crippen LogP contribution is 2.25. The van der Waals surface area contributed by atoms with Crippen molar-refractivity contribution in [2.45, 2.75) is 96.9 Å². The molecule has 4 nitrogen and oxygen atoms in total. The normalized spacial score (nSPS) is 17.3. The van der Waals surface area contributed by atoms with E-state index in [4.69, 9.17) is 18.9 Å². The third kappa shape index (κ3) is 12.1. The largest absolute Gasteiger partial charge is 0.379 e. The van der Waals surface area contributed by atoms with E-state index in [0.717, 1.165) is 45.5 Å². The number of ether oxygens (including phenoxy) is 4. The van der Waals surface area contributed by atoms with E-state index >= 15 is 0 Å². The fourth-order valence-electron chi connectivity index (χ4n) is 3.13. The number of hydrogen-bond donors (Lipinski definition) is 0. The predicted molar refractivity (Wildman–Crippen MR) is 108 cm³/mol. The van der Waals surface area contributed by atoms with Crippen molar-refractivity contribution in [1.29, 1.82) is 0 Å². The summed E-state index contributed by atoms with van der Waals surface area (Å²) in [4.78, 5) is 0. The molecule has 0 aromatic rings. The third-order valence-electron chi connectivity index (χ3n) is 4.64. The van der Waals surface area contributed by atoms with Crippen LogP contribution in [0.1, 0.15) is 85.0 Å². The summed E-state index contributed by atoms with van der Waals surface area (Å²) in [6.45, 7) is 10.1. The number of epoxide rings is 1. The first-order chi connectivity index (χ1) is 12.8. The molecule has 1 unspecified atom stereocenters. The van der Waals surface area contributed by atoms with Gasteiger partial charge in [0.15, 0.2) is 5.79 Å². The fourth-order valence-corrected chi connectivity index (χ4v) is 3.13. The monoisotopic (exact) mass is 370 g/mol. The van der Waals surface area contributed by atoms with Crippen LogP contribution >= 0.6 is 0 Å². The van der Waals surface area contributed by atoms with E-state index in [1.54, 1.807) is 0 Å². The zero-order chi connectivity index (χ0) is 18.9. The van der Waals surface area contributed by atoms with Crippen molar-refractivity contribution in [2.24, 2.45) is 0 Å². The van der Waals surface area contributed by atoms with Crippen molar-refractivity contribution in [3.8, 4) is 0 Å². The Labute approximate surface area is 161 Å². The Balaban J connectivity index is 2.26. The Morgan fingerprint density at radius 2 is 1.58 bits per heavy atom. The van der Waals surface area contributed by atoms with Crippen LogP contribution in [0.25, 0.3) is 0 Å². The highest BCUT2D eigenvalue weighted by Gasteiger charge is 2.27. The van der Waals surface area contributed by atoms with Crippen molar-refractivity contribution >= 4 is 0 Å². The average Bonchev–Trinajstić information content (AvgIpc) is 3.45. The number of rotatable bonds is 19. The molecule has 0 bridgehead atoms. The molecule has 0 aromatic carbocycles. The van der Waals surface area contributed by atoms with E-state index in [-0.39, 0.29) is 0 Å². The first kappa shape index (κ1) is 23.6. The van der Waals surface area contributed by atoms with Gasteiger partial charge in [-0.2, -0.15) is 0 Å². The standard InChI is InChI=1S/C22H42O4/c1-4-7-8-9-10-11-13-16-22(25-5-2,26-6-3)17-14-12-15-18-23-19-21-20-24-21/h14,17,21H,4-13,15-16,18-20H2,1-3H3. The molecule has 1 atom stereocenters. The van der Waals surface area contributed by atoms with Gasteiger partial charge in [-0.3, -0.25) is 0 Å². The van der Waals surface area contributed by atoms with Gasteiger partial charge >= 0.3 is 0 Å². The van der Waals surface area contributed by atoms with Crippen LogP contribution in [-0.2, 0) is 18.9 Å². The van der Waals surface area contributed by atoms with Gasteiger partial charge in [-0.25, -0.2) is 0 Å². The molecule has 1 heterocycles. The van der Waals surface area contributed by atoms with Crippen LogP contribution in [0.3, 0.4) is 0 Å². The quantitative estimate of drug-likeness (QED) is 0.127. The van der Waals surface area contributed by atoms with E-state index in [1.807, 2.05) is 13.8 Å². The van der Waals surface area contributed by atoms with Gasteiger partial charge in [0, 0.05) is 26.2 Å². The van der Waals surface area contributed by atoms with Crippen LogP contribution in [0.2, 0.25) is 0 Å². The van der Waals surface area contributed by atoms with E-state index in [0.29, 0.717) is 19.3 Å². The van der Waals surface area contributed by atoms with Gasteiger partial charge in [0.05, 0.1) is 13.2 Å². The Morgan fingerprint density at radius 1 is 0.923 bits per heavy atom. The maximum Gasteiger partial charge on any atom is 0.187 e. The molecule has 0 aromatic heterocycles. The maximum absolute atomic E-state index is 6.03. The number of unbranched alkanes of at least 4 members (excludes halogenated alkanes) is 7. The molecule has 0 N–H and O–H groups in total. The zero-order valence-corrected chi connectivity index (χ0v) is 17.5. The molecule has 154 valence electrons. The van der Waals surface area contributed by atoms with Crippen molar-refractivity contribution in [3.63, 3.8) is 0 Å². The van der Waals surface area contributed by atoms with E-state index in [2.05, 4.69) is 19.1 Å². The summed E-state index contributed by atoms with van der Waals surface area (Å²) in [5.41, 5.74) is 0. The van der Waals surface area contributed by atoms with Crippen LogP contribution < -0.4 is 0 Å². The first-order valence-corrected chi connectivity index (χ1v) is 10.9. The van der Waals surface area contributed by atoms with Crippen LogP contribution in [0.5, 0.6) is 0 Å². The summed E-state index contributed by atoms with van der Waals surface area (Å²) in [6.07, 6.45) is 16.8. The highest BCUT2D eigenvalue weighted by atomic mass is 16.7. The minimum atomic E-state index is -0.546. The predicted octanol–water partition coefficient (Wildman–Crippen LogP) is 5.65. The summed E-state index contributed by atoms with van der Waals surface area (Å²) in [5.74, 6) is -0.546. The maximum atomic E-state index is 6.03. The van der Waals surface area contributed by atoms with Gasteiger partial charge in [-0.15, -0.1) is 0 Å². The molecule has 1 saturated heterocycles. The van der Waals surface area contributed by atoms with Crippen molar-refractivity contribution in [2.75, 3.05) is 33.0 Å². The molecule has 0 aliphatic carbocycles. The van der Waals surface area contributed by atoms with Crippen LogP contribution in [-0.4, -0.2) is 44.9 Å². The second kappa shape index (κ2) is 15.6. The lowest BCUT2D eigenvalue weighted by Crippen LogP contribution is -2.34. The topological polar surface area (TPSA) is 40.2 Å². The van der Waals surface area contributed by atoms with Gasteiger partial charge in [-0.1, -0.05) is 51.5 Å². The van der Waals surface area contributed by atoms with Crippen molar-refractivity contribution < 1.29 is 18.9 Å². The molecule has 0 amide bonds. The molecule has 1 aliphatic heterocycles. The zero-order valence-electron chi connectivity index (χ0n) is 17.5. The number of allylic oxidation sites excluding steroid dienone is 1. The second-order valence-corrected chi connectivity index (χ2v) is 7.12. The lowest BCUT2D eigenvalue weighted by molar-refractivity contribution is -0.203. The van der Waals surface area contributed by atoms with Crippen LogP contribution in [0.4, 0.5) is 0 Å². The SMILES string of the molecule is CCCCCCCCCC(C=CCCCOCC1CO1)(OCC)OCC. The lowest BCUT2D eigenvalue weighted by atomic mass is 10.0. The summed E-state index contributed by atoms with van der Waals surface area (Å²) < 4.78 is 22.8. The van der Waals surface area contributed by atoms with Crippen LogP contribution in [0.15, 0.2) is 12.2 Å². The van der Waals surface area contributed by atoms with Gasteiger partial charge < -0.3 is 18.9 Å². The van der Waals surface area contributed by atoms with Crippen molar-refractivity contribution in [1.82, 2.24) is 0 Å². The minimum Gasteiger partial charge on any atom is -0.379 e. The van der Waals surface area contributed by atoms with Gasteiger partial charge in [0.25, 0.3) is 0 Å². The molecule has 0 spiro atoms. The molecule has 4 heteroatoms. The van der Waals surface area contributed by atoms with Gasteiger partial charge in [0.2, 0.25) is 0 Å². The minimum absolute atomic E-state index is 0.357. The van der Waals surface area contributed by atoms with Gasteiger partial charge in [0.1, 0.15) is 6.10 Å². The van der Waals surface area contributed by atoms with Crippen LogP contribution in [0, 0.1) is 0 Å². The summed E-state index contributed by atoms with van der Waals surface area (Å²) >= 11 is 0. The molecule has 1 aliphatic rings. The average molecular weight is 371 g/mol. The molecule has 0 radical (unpaired) electrons. The molecule has 1 rings (SSSR count). The summed E-state index contributed by atoms with van der Waals surface area (Å²) in [6, 6.07) is 0. The second-order valence-electron chi connectivity index (χ2n) is 7.12. The van der Waals surface area contributed by atoms with E-state index in [1.165, 1.54) is 38.5 Å². The smallest absolute Gasteiger partial charge is 0.187 e. The Hall–Kier alpha value is -0.420. The summed E-state index contributed by atoms with van der Waals surface area (Å²) in [5, 5.41) is 0. The summed E-state index contributed by atoms with van der Waals surface area (Å²) in [7, 11) is 0. The number of hydrogen-bond acceptors (Lipinski definition) is 4. The molecular weight excluding hydrogens is 328 g/mol. The molecule has 26 heavy (non-hydrogen) atoms. The lowest BCUT2D eigenvalue weighted by Gasteiger charge is -2.30. The molecule has 0 saturated carbocycles. The van der Waals surface area contributed by atoms with E-state index in [9.17, 15) is 0 Å².